The van der Waals surface area contributed by atoms with Gasteiger partial charge >= 0.3 is 0 Å². The molecule has 146 valence electrons. The van der Waals surface area contributed by atoms with Crippen LogP contribution in [0.1, 0.15) is 29.0 Å². The highest BCUT2D eigenvalue weighted by molar-refractivity contribution is 6.30. The van der Waals surface area contributed by atoms with Crippen LogP contribution in [0.2, 0.25) is 5.15 Å². The molecule has 0 bridgehead atoms. The van der Waals surface area contributed by atoms with Crippen LogP contribution in [0.4, 0.5) is 0 Å². The van der Waals surface area contributed by atoms with E-state index in [1.54, 1.807) is 24.1 Å². The molecular formula is C21H21ClN2O4. The minimum Gasteiger partial charge on any atom is -0.497 e. The SMILES string of the molecule is COc1ccc2cc(CN(C[C@@H]3CCCO3)C(=O)c3ccco3)c(Cl)nc2c1. The Morgan fingerprint density at radius 1 is 1.36 bits per heavy atom. The lowest BCUT2D eigenvalue weighted by atomic mass is 10.1. The van der Waals surface area contributed by atoms with Crippen molar-refractivity contribution in [2.75, 3.05) is 20.3 Å². The van der Waals surface area contributed by atoms with Crippen molar-refractivity contribution in [3.8, 4) is 5.75 Å². The van der Waals surface area contributed by atoms with Crippen LogP contribution in [0.3, 0.4) is 0 Å². The lowest BCUT2D eigenvalue weighted by molar-refractivity contribution is 0.0484. The van der Waals surface area contributed by atoms with E-state index in [0.29, 0.717) is 24.0 Å². The summed E-state index contributed by atoms with van der Waals surface area (Å²) in [5.74, 6) is 0.829. The van der Waals surface area contributed by atoms with Gasteiger partial charge in [-0.05, 0) is 43.2 Å². The Hall–Kier alpha value is -2.57. The van der Waals surface area contributed by atoms with Gasteiger partial charge in [0.15, 0.2) is 5.76 Å². The number of hydrogen-bond acceptors (Lipinski definition) is 5. The number of fused-ring (bicyclic) bond motifs is 1. The van der Waals surface area contributed by atoms with Gasteiger partial charge < -0.3 is 18.8 Å². The third kappa shape index (κ3) is 3.98. The Labute approximate surface area is 168 Å². The summed E-state index contributed by atoms with van der Waals surface area (Å²) >= 11 is 6.44. The number of aromatic nitrogens is 1. The fourth-order valence-electron chi connectivity index (χ4n) is 3.42. The van der Waals surface area contributed by atoms with Gasteiger partial charge in [0.05, 0.1) is 25.0 Å². The van der Waals surface area contributed by atoms with Crippen LogP contribution in [0.5, 0.6) is 5.75 Å². The van der Waals surface area contributed by atoms with Crippen LogP contribution >= 0.6 is 11.6 Å². The molecule has 4 rings (SSSR count). The van der Waals surface area contributed by atoms with Crippen LogP contribution in [0, 0.1) is 0 Å². The van der Waals surface area contributed by atoms with E-state index in [4.69, 9.17) is 25.5 Å². The first kappa shape index (κ1) is 18.8. The topological polar surface area (TPSA) is 64.8 Å². The average Bonchev–Trinajstić information content (AvgIpc) is 3.41. The molecule has 2 aromatic heterocycles. The zero-order chi connectivity index (χ0) is 19.5. The summed E-state index contributed by atoms with van der Waals surface area (Å²) in [6, 6.07) is 11.0. The summed E-state index contributed by atoms with van der Waals surface area (Å²) in [6.45, 7) is 1.54. The molecule has 1 aromatic carbocycles. The van der Waals surface area contributed by atoms with Crippen LogP contribution in [-0.4, -0.2) is 42.2 Å². The van der Waals surface area contributed by atoms with Crippen LogP contribution in [0.25, 0.3) is 10.9 Å². The maximum atomic E-state index is 13.0. The standard InChI is InChI=1S/C21H21ClN2O4/c1-26-16-7-6-14-10-15(20(22)23-18(14)11-16)12-24(13-17-4-2-8-27-17)21(25)19-5-3-9-28-19/h3,5-7,9-11,17H,2,4,8,12-13H2,1H3/t17-/m0/s1. The molecule has 1 saturated heterocycles. The van der Waals surface area contributed by atoms with Crippen molar-refractivity contribution in [3.63, 3.8) is 0 Å². The van der Waals surface area contributed by atoms with Crippen molar-refractivity contribution >= 4 is 28.4 Å². The molecule has 3 heterocycles. The Bertz CT molecular complexity index is 968. The largest absolute Gasteiger partial charge is 0.497 e. The molecule has 6 nitrogen and oxygen atoms in total. The van der Waals surface area contributed by atoms with Crippen molar-refractivity contribution < 1.29 is 18.7 Å². The Kier molecular flexibility index (Phi) is 5.50. The fourth-order valence-corrected chi connectivity index (χ4v) is 3.63. The Balaban J connectivity index is 1.63. The van der Waals surface area contributed by atoms with Gasteiger partial charge in [-0.25, -0.2) is 4.98 Å². The number of furan rings is 1. The van der Waals surface area contributed by atoms with Gasteiger partial charge in [0.1, 0.15) is 10.9 Å². The maximum Gasteiger partial charge on any atom is 0.289 e. The summed E-state index contributed by atoms with van der Waals surface area (Å²) in [5.41, 5.74) is 1.52. The van der Waals surface area contributed by atoms with Crippen LogP contribution in [-0.2, 0) is 11.3 Å². The predicted octanol–water partition coefficient (Wildman–Crippen LogP) is 4.31. The molecule has 1 fully saturated rings. The molecule has 1 aliphatic rings. The molecule has 0 N–H and O–H groups in total. The summed E-state index contributed by atoms with van der Waals surface area (Å²) in [4.78, 5) is 19.2. The van der Waals surface area contributed by atoms with E-state index in [1.165, 1.54) is 6.26 Å². The van der Waals surface area contributed by atoms with Crippen molar-refractivity contribution in [2.45, 2.75) is 25.5 Å². The number of benzene rings is 1. The normalized spacial score (nSPS) is 16.4. The zero-order valence-corrected chi connectivity index (χ0v) is 16.3. The molecule has 1 atom stereocenters. The first-order chi connectivity index (χ1) is 13.6. The van der Waals surface area contributed by atoms with Gasteiger partial charge in [0, 0.05) is 36.7 Å². The van der Waals surface area contributed by atoms with Gasteiger partial charge in [0.2, 0.25) is 0 Å². The molecule has 7 heteroatoms. The monoisotopic (exact) mass is 400 g/mol. The second-order valence-corrected chi connectivity index (χ2v) is 7.15. The van der Waals surface area contributed by atoms with Gasteiger partial charge in [-0.15, -0.1) is 0 Å². The quantitative estimate of drug-likeness (QED) is 0.577. The van der Waals surface area contributed by atoms with Crippen LogP contribution < -0.4 is 4.74 Å². The second-order valence-electron chi connectivity index (χ2n) is 6.79. The van der Waals surface area contributed by atoms with E-state index >= 15 is 0 Å². The van der Waals surface area contributed by atoms with Gasteiger partial charge in [-0.2, -0.15) is 0 Å². The van der Waals surface area contributed by atoms with E-state index in [1.807, 2.05) is 24.3 Å². The number of nitrogens with zero attached hydrogens (tertiary/aromatic N) is 2. The molecule has 0 aliphatic carbocycles. The third-order valence-corrected chi connectivity index (χ3v) is 5.21. The average molecular weight is 401 g/mol. The van der Waals surface area contributed by atoms with Gasteiger partial charge in [-0.1, -0.05) is 11.6 Å². The number of pyridine rings is 1. The highest BCUT2D eigenvalue weighted by Crippen LogP contribution is 2.26. The molecule has 1 amide bonds. The second kappa shape index (κ2) is 8.20. The van der Waals surface area contributed by atoms with Crippen molar-refractivity contribution in [1.82, 2.24) is 9.88 Å². The van der Waals surface area contributed by atoms with Gasteiger partial charge in [-0.3, -0.25) is 4.79 Å². The summed E-state index contributed by atoms with van der Waals surface area (Å²) in [6.07, 6.45) is 3.46. The zero-order valence-electron chi connectivity index (χ0n) is 15.6. The van der Waals surface area contributed by atoms with Crippen molar-refractivity contribution in [1.29, 1.82) is 0 Å². The molecule has 28 heavy (non-hydrogen) atoms. The van der Waals surface area contributed by atoms with E-state index in [9.17, 15) is 4.79 Å². The lowest BCUT2D eigenvalue weighted by Gasteiger charge is -2.25. The number of halogens is 1. The molecule has 1 aliphatic heterocycles. The number of ether oxygens (including phenoxy) is 2. The lowest BCUT2D eigenvalue weighted by Crippen LogP contribution is -2.36. The Morgan fingerprint density at radius 2 is 2.25 bits per heavy atom. The fraction of sp³-hybridized carbons (Fsp3) is 0.333. The third-order valence-electron chi connectivity index (χ3n) is 4.88. The van der Waals surface area contributed by atoms with E-state index in [2.05, 4.69) is 4.98 Å². The van der Waals surface area contributed by atoms with E-state index in [-0.39, 0.29) is 12.0 Å². The van der Waals surface area contributed by atoms with E-state index < -0.39 is 0 Å². The number of methoxy groups -OCH3 is 1. The van der Waals surface area contributed by atoms with E-state index in [0.717, 1.165) is 41.7 Å². The molecule has 0 unspecified atom stereocenters. The highest BCUT2D eigenvalue weighted by Gasteiger charge is 2.26. The summed E-state index contributed by atoms with van der Waals surface area (Å²) in [7, 11) is 1.61. The smallest absolute Gasteiger partial charge is 0.289 e. The number of hydrogen-bond donors (Lipinski definition) is 0. The summed E-state index contributed by atoms with van der Waals surface area (Å²) in [5, 5.41) is 1.30. The molecule has 0 spiro atoms. The van der Waals surface area contributed by atoms with Gasteiger partial charge in [0.25, 0.3) is 5.91 Å². The van der Waals surface area contributed by atoms with Crippen LogP contribution in [0.15, 0.2) is 47.1 Å². The summed E-state index contributed by atoms with van der Waals surface area (Å²) < 4.78 is 16.3. The molecule has 3 aromatic rings. The number of carbonyl (C=O) groups is 1. The number of carbonyl (C=O) groups excluding carboxylic acids is 1. The van der Waals surface area contributed by atoms with Crippen molar-refractivity contribution in [2.24, 2.45) is 0 Å². The predicted molar refractivity (Wildman–Crippen MR) is 106 cm³/mol. The Morgan fingerprint density at radius 3 is 2.96 bits per heavy atom. The molecular weight excluding hydrogens is 380 g/mol. The minimum absolute atomic E-state index is 0.0235. The first-order valence-corrected chi connectivity index (χ1v) is 9.59. The maximum absolute atomic E-state index is 13.0. The molecule has 0 saturated carbocycles. The number of rotatable bonds is 6. The van der Waals surface area contributed by atoms with Crippen molar-refractivity contribution in [3.05, 3.63) is 59.1 Å². The highest BCUT2D eigenvalue weighted by atomic mass is 35.5. The minimum atomic E-state index is -0.189. The first-order valence-electron chi connectivity index (χ1n) is 9.21. The number of amides is 1. The molecule has 0 radical (unpaired) electrons.